The normalized spacial score (nSPS) is 10.1. The number of nitrogens with one attached hydrogen (secondary N) is 2. The number of anilines is 1. The molecule has 6 nitrogen and oxygen atoms in total. The highest BCUT2D eigenvalue weighted by atomic mass is 32.1. The third-order valence-corrected chi connectivity index (χ3v) is 4.04. The first-order valence-corrected chi connectivity index (χ1v) is 8.59. The highest BCUT2D eigenvalue weighted by Crippen LogP contribution is 2.27. The van der Waals surface area contributed by atoms with Crippen LogP contribution >= 0.6 is 12.2 Å². The number of rotatable bonds is 7. The molecule has 0 bridgehead atoms. The van der Waals surface area contributed by atoms with Crippen LogP contribution in [0.25, 0.3) is 0 Å². The van der Waals surface area contributed by atoms with E-state index in [1.807, 2.05) is 12.1 Å². The summed E-state index contributed by atoms with van der Waals surface area (Å²) in [7, 11) is 4.84. The van der Waals surface area contributed by atoms with Gasteiger partial charge in [0.05, 0.1) is 20.8 Å². The number of carbonyl (C=O) groups excluding carboxylic acids is 1. The van der Waals surface area contributed by atoms with E-state index in [0.29, 0.717) is 23.7 Å². The molecule has 0 aliphatic carbocycles. The zero-order chi connectivity index (χ0) is 19.8. The predicted octanol–water partition coefficient (Wildman–Crippen LogP) is 2.79. The zero-order valence-corrected chi connectivity index (χ0v) is 16.2. The summed E-state index contributed by atoms with van der Waals surface area (Å²) in [5.74, 6) is 0.784. The Balaban J connectivity index is 1.84. The largest absolute Gasteiger partial charge is 0.493 e. The fraction of sp³-hybridized carbons (Fsp3) is 0.263. The van der Waals surface area contributed by atoms with Crippen molar-refractivity contribution >= 4 is 28.9 Å². The van der Waals surface area contributed by atoms with Crippen molar-refractivity contribution < 1.29 is 18.7 Å². The molecular weight excluding hydrogens is 369 g/mol. The van der Waals surface area contributed by atoms with Gasteiger partial charge in [0.1, 0.15) is 5.82 Å². The standard InChI is InChI=1S/C19H22FN3O3S/c1-23(12-13-4-9-16(25-2)17(10-13)26-3)18(24)11-21-19(27)22-15-7-5-14(20)6-8-15/h4-10H,11-12H2,1-3H3,(H2,21,22,27). The van der Waals surface area contributed by atoms with Gasteiger partial charge in [-0.15, -0.1) is 0 Å². The summed E-state index contributed by atoms with van der Waals surface area (Å²) in [6, 6.07) is 11.3. The van der Waals surface area contributed by atoms with Gasteiger partial charge in [0.15, 0.2) is 16.6 Å². The molecule has 0 radical (unpaired) electrons. The van der Waals surface area contributed by atoms with Gasteiger partial charge in [0.2, 0.25) is 5.91 Å². The second-order valence-corrected chi connectivity index (χ2v) is 6.16. The predicted molar refractivity (Wildman–Crippen MR) is 107 cm³/mol. The van der Waals surface area contributed by atoms with E-state index >= 15 is 0 Å². The van der Waals surface area contributed by atoms with Gasteiger partial charge >= 0.3 is 0 Å². The second-order valence-electron chi connectivity index (χ2n) is 5.75. The van der Waals surface area contributed by atoms with E-state index in [4.69, 9.17) is 21.7 Å². The van der Waals surface area contributed by atoms with E-state index in [9.17, 15) is 9.18 Å². The zero-order valence-electron chi connectivity index (χ0n) is 15.4. The molecule has 0 unspecified atom stereocenters. The van der Waals surface area contributed by atoms with Crippen molar-refractivity contribution in [3.05, 3.63) is 53.8 Å². The molecule has 27 heavy (non-hydrogen) atoms. The summed E-state index contributed by atoms with van der Waals surface area (Å²) in [4.78, 5) is 13.9. The van der Waals surface area contributed by atoms with Gasteiger partial charge < -0.3 is 25.0 Å². The van der Waals surface area contributed by atoms with E-state index in [-0.39, 0.29) is 23.4 Å². The Morgan fingerprint density at radius 3 is 2.41 bits per heavy atom. The van der Waals surface area contributed by atoms with Crippen molar-refractivity contribution in [1.82, 2.24) is 10.2 Å². The highest BCUT2D eigenvalue weighted by molar-refractivity contribution is 7.80. The average Bonchev–Trinajstić information content (AvgIpc) is 2.67. The number of carbonyl (C=O) groups is 1. The Morgan fingerprint density at radius 1 is 1.11 bits per heavy atom. The van der Waals surface area contributed by atoms with E-state index in [0.717, 1.165) is 5.56 Å². The number of benzene rings is 2. The lowest BCUT2D eigenvalue weighted by Gasteiger charge is -2.19. The average molecular weight is 391 g/mol. The SMILES string of the molecule is COc1ccc(CN(C)C(=O)CNC(=S)Nc2ccc(F)cc2)cc1OC. The molecule has 2 aromatic carbocycles. The molecule has 0 aliphatic heterocycles. The van der Waals surface area contributed by atoms with Crippen LogP contribution in [0, 0.1) is 5.82 Å². The maximum atomic E-state index is 12.9. The molecule has 2 N–H and O–H groups in total. The molecule has 0 aliphatic rings. The van der Waals surface area contributed by atoms with Crippen molar-refractivity contribution in [2.45, 2.75) is 6.54 Å². The number of hydrogen-bond acceptors (Lipinski definition) is 4. The van der Waals surface area contributed by atoms with Crippen LogP contribution in [0.4, 0.5) is 10.1 Å². The van der Waals surface area contributed by atoms with Gasteiger partial charge in [-0.05, 0) is 54.2 Å². The van der Waals surface area contributed by atoms with Crippen molar-refractivity contribution in [2.24, 2.45) is 0 Å². The molecule has 8 heteroatoms. The van der Waals surface area contributed by atoms with Crippen LogP contribution < -0.4 is 20.1 Å². The van der Waals surface area contributed by atoms with Crippen LogP contribution in [0.5, 0.6) is 11.5 Å². The summed E-state index contributed by atoms with van der Waals surface area (Å²) in [6.45, 7) is 0.454. The summed E-state index contributed by atoms with van der Waals surface area (Å²) < 4.78 is 23.4. The van der Waals surface area contributed by atoms with E-state index in [1.54, 1.807) is 44.4 Å². The maximum Gasteiger partial charge on any atom is 0.241 e. The number of hydrogen-bond donors (Lipinski definition) is 2. The van der Waals surface area contributed by atoms with Crippen LogP contribution in [0.1, 0.15) is 5.56 Å². The van der Waals surface area contributed by atoms with Gasteiger partial charge in [-0.2, -0.15) is 0 Å². The number of methoxy groups -OCH3 is 2. The Labute approximate surface area is 163 Å². The number of ether oxygens (including phenoxy) is 2. The molecule has 0 heterocycles. The van der Waals surface area contributed by atoms with Crippen LogP contribution in [0.15, 0.2) is 42.5 Å². The fourth-order valence-electron chi connectivity index (χ4n) is 2.34. The van der Waals surface area contributed by atoms with Crippen molar-refractivity contribution in [3.63, 3.8) is 0 Å². The molecule has 0 fully saturated rings. The molecule has 2 aromatic rings. The molecular formula is C19H22FN3O3S. The minimum absolute atomic E-state index is 0.0385. The minimum Gasteiger partial charge on any atom is -0.493 e. The summed E-state index contributed by atoms with van der Waals surface area (Å²) in [6.07, 6.45) is 0. The maximum absolute atomic E-state index is 12.9. The summed E-state index contributed by atoms with van der Waals surface area (Å²) >= 11 is 5.15. The lowest BCUT2D eigenvalue weighted by atomic mass is 10.2. The lowest BCUT2D eigenvalue weighted by Crippen LogP contribution is -2.39. The van der Waals surface area contributed by atoms with Crippen molar-refractivity contribution in [2.75, 3.05) is 33.1 Å². The Kier molecular flexibility index (Phi) is 7.36. The Bertz CT molecular complexity index is 799. The molecule has 144 valence electrons. The summed E-state index contributed by atoms with van der Waals surface area (Å²) in [5.41, 5.74) is 1.55. The van der Waals surface area contributed by atoms with E-state index in [1.165, 1.54) is 12.1 Å². The van der Waals surface area contributed by atoms with Gasteiger partial charge in [-0.1, -0.05) is 6.07 Å². The van der Waals surface area contributed by atoms with Crippen molar-refractivity contribution in [3.8, 4) is 11.5 Å². The smallest absolute Gasteiger partial charge is 0.241 e. The van der Waals surface area contributed by atoms with Crippen molar-refractivity contribution in [1.29, 1.82) is 0 Å². The quantitative estimate of drug-likeness (QED) is 0.708. The number of halogens is 1. The first kappa shape index (κ1) is 20.4. The van der Waals surface area contributed by atoms with Gasteiger partial charge in [0, 0.05) is 19.3 Å². The fourth-order valence-corrected chi connectivity index (χ4v) is 2.53. The van der Waals surface area contributed by atoms with Gasteiger partial charge in [-0.3, -0.25) is 4.79 Å². The third-order valence-electron chi connectivity index (χ3n) is 3.80. The first-order valence-electron chi connectivity index (χ1n) is 8.18. The number of likely N-dealkylation sites (N-methyl/N-ethyl adjacent to an activating group) is 1. The Morgan fingerprint density at radius 2 is 1.78 bits per heavy atom. The van der Waals surface area contributed by atoms with E-state index in [2.05, 4.69) is 10.6 Å². The molecule has 0 saturated heterocycles. The van der Waals surface area contributed by atoms with Gasteiger partial charge in [-0.25, -0.2) is 4.39 Å². The number of nitrogens with zero attached hydrogens (tertiary/aromatic N) is 1. The van der Waals surface area contributed by atoms with Crippen LogP contribution in [0.3, 0.4) is 0 Å². The molecule has 2 rings (SSSR count). The van der Waals surface area contributed by atoms with Gasteiger partial charge in [0.25, 0.3) is 0 Å². The number of thiocarbonyl (C=S) groups is 1. The van der Waals surface area contributed by atoms with Crippen LogP contribution in [-0.4, -0.2) is 43.7 Å². The number of amides is 1. The third kappa shape index (κ3) is 6.10. The second kappa shape index (κ2) is 9.72. The first-order chi connectivity index (χ1) is 12.9. The molecule has 0 spiro atoms. The Hall–Kier alpha value is -2.87. The molecule has 0 saturated carbocycles. The molecule has 1 amide bonds. The highest BCUT2D eigenvalue weighted by Gasteiger charge is 2.12. The summed E-state index contributed by atoms with van der Waals surface area (Å²) in [5, 5.41) is 6.02. The molecule has 0 atom stereocenters. The minimum atomic E-state index is -0.327. The monoisotopic (exact) mass is 391 g/mol. The topological polar surface area (TPSA) is 62.8 Å². The van der Waals surface area contributed by atoms with Crippen LogP contribution in [0.2, 0.25) is 0 Å². The lowest BCUT2D eigenvalue weighted by molar-refractivity contribution is -0.129. The van der Waals surface area contributed by atoms with E-state index < -0.39 is 0 Å². The van der Waals surface area contributed by atoms with Crippen LogP contribution in [-0.2, 0) is 11.3 Å². The molecule has 0 aromatic heterocycles.